The zero-order valence-electron chi connectivity index (χ0n) is 15.2. The molecule has 3 saturated heterocycles. The lowest BCUT2D eigenvalue weighted by Crippen LogP contribution is -2.52. The van der Waals surface area contributed by atoms with Crippen LogP contribution in [0.3, 0.4) is 0 Å². The van der Waals surface area contributed by atoms with Crippen LogP contribution in [0.15, 0.2) is 18.2 Å². The van der Waals surface area contributed by atoms with Gasteiger partial charge in [0.1, 0.15) is 6.04 Å². The normalized spacial score (nSPS) is 30.6. The van der Waals surface area contributed by atoms with Crippen LogP contribution in [-0.2, 0) is 22.7 Å². The molecule has 1 aromatic rings. The van der Waals surface area contributed by atoms with E-state index >= 15 is 0 Å². The molecule has 0 saturated carbocycles. The summed E-state index contributed by atoms with van der Waals surface area (Å²) in [5.41, 5.74) is 2.93. The third-order valence-electron chi connectivity index (χ3n) is 6.53. The first-order valence-corrected chi connectivity index (χ1v) is 9.83. The smallest absolute Gasteiger partial charge is 0.255 e. The van der Waals surface area contributed by atoms with Crippen molar-refractivity contribution in [2.24, 2.45) is 0 Å². The van der Waals surface area contributed by atoms with Crippen LogP contribution in [0.2, 0.25) is 0 Å². The lowest BCUT2D eigenvalue weighted by atomic mass is 9.99. The van der Waals surface area contributed by atoms with Gasteiger partial charge in [-0.3, -0.25) is 24.6 Å². The molecule has 2 bridgehead atoms. The van der Waals surface area contributed by atoms with E-state index in [-0.39, 0.29) is 24.1 Å². The number of piperidine rings is 2. The molecule has 4 aliphatic rings. The predicted octanol–water partition coefficient (Wildman–Crippen LogP) is 0.384. The molecule has 4 aliphatic heterocycles. The predicted molar refractivity (Wildman–Crippen MR) is 97.7 cm³/mol. The molecule has 0 radical (unpaired) electrons. The number of hydrogen-bond acceptors (Lipinski definition) is 5. The van der Waals surface area contributed by atoms with Crippen LogP contribution in [0.1, 0.15) is 47.2 Å². The van der Waals surface area contributed by atoms with Crippen LogP contribution in [0.4, 0.5) is 0 Å². The summed E-state index contributed by atoms with van der Waals surface area (Å²) in [6.07, 6.45) is 3.07. The molecular formula is C20H24N4O3. The van der Waals surface area contributed by atoms with Crippen molar-refractivity contribution >= 4 is 17.7 Å². The number of nitrogens with zero attached hydrogens (tertiary/aromatic N) is 2. The van der Waals surface area contributed by atoms with Crippen LogP contribution in [-0.4, -0.2) is 58.7 Å². The zero-order chi connectivity index (χ0) is 18.5. The number of likely N-dealkylation sites (tertiary alicyclic amines) is 1. The van der Waals surface area contributed by atoms with Gasteiger partial charge >= 0.3 is 0 Å². The zero-order valence-corrected chi connectivity index (χ0v) is 15.2. The lowest BCUT2D eigenvalue weighted by molar-refractivity contribution is -0.136. The maximum Gasteiger partial charge on any atom is 0.255 e. The molecule has 4 heterocycles. The molecule has 0 aliphatic carbocycles. The number of carbonyl (C=O) groups excluding carboxylic acids is 3. The third-order valence-corrected chi connectivity index (χ3v) is 6.53. The van der Waals surface area contributed by atoms with E-state index in [4.69, 9.17) is 0 Å². The van der Waals surface area contributed by atoms with Gasteiger partial charge in [0.05, 0.1) is 0 Å². The van der Waals surface area contributed by atoms with Gasteiger partial charge in [-0.1, -0.05) is 12.1 Å². The number of benzene rings is 1. The van der Waals surface area contributed by atoms with Crippen LogP contribution in [0, 0.1) is 0 Å². The van der Waals surface area contributed by atoms with E-state index in [2.05, 4.69) is 21.6 Å². The van der Waals surface area contributed by atoms with E-state index in [1.54, 1.807) is 4.90 Å². The number of fused-ring (bicyclic) bond motifs is 3. The first kappa shape index (κ1) is 16.9. The fourth-order valence-electron chi connectivity index (χ4n) is 5.03. The van der Waals surface area contributed by atoms with Crippen LogP contribution in [0.25, 0.3) is 0 Å². The summed E-state index contributed by atoms with van der Waals surface area (Å²) < 4.78 is 0. The number of carbonyl (C=O) groups is 3. The second kappa shape index (κ2) is 6.42. The highest BCUT2D eigenvalue weighted by Crippen LogP contribution is 2.32. The largest absolute Gasteiger partial charge is 0.322 e. The molecule has 3 atom stereocenters. The van der Waals surface area contributed by atoms with Crippen molar-refractivity contribution < 1.29 is 14.4 Å². The molecule has 0 aromatic heterocycles. The third kappa shape index (κ3) is 2.85. The Morgan fingerprint density at radius 1 is 1.15 bits per heavy atom. The Kier molecular flexibility index (Phi) is 4.02. The molecule has 5 rings (SSSR count). The van der Waals surface area contributed by atoms with Gasteiger partial charge in [0, 0.05) is 50.2 Å². The Labute approximate surface area is 158 Å². The standard InChI is InChI=1S/C20H24N4O3/c25-18-5-4-17(19(26)22-18)24-11-16-12(2-1-3-15(16)20(24)27)10-23-7-6-13-8-14(23)9-21-13/h1-3,13-14,17,21H,4-11H2,(H,22,25,26). The minimum absolute atomic E-state index is 0.0948. The van der Waals surface area contributed by atoms with Gasteiger partial charge < -0.3 is 10.2 Å². The van der Waals surface area contributed by atoms with Crippen molar-refractivity contribution in [2.45, 2.75) is 56.9 Å². The first-order valence-electron chi connectivity index (χ1n) is 9.83. The second-order valence-corrected chi connectivity index (χ2v) is 8.10. The summed E-state index contributed by atoms with van der Waals surface area (Å²) in [5, 5.41) is 5.94. The van der Waals surface area contributed by atoms with Crippen molar-refractivity contribution in [3.63, 3.8) is 0 Å². The van der Waals surface area contributed by atoms with E-state index < -0.39 is 6.04 Å². The van der Waals surface area contributed by atoms with Gasteiger partial charge in [-0.05, 0) is 36.5 Å². The van der Waals surface area contributed by atoms with Gasteiger partial charge in [-0.25, -0.2) is 0 Å². The number of imide groups is 1. The van der Waals surface area contributed by atoms with E-state index in [1.807, 2.05) is 12.1 Å². The van der Waals surface area contributed by atoms with Gasteiger partial charge in [-0.2, -0.15) is 0 Å². The van der Waals surface area contributed by atoms with E-state index in [0.29, 0.717) is 30.6 Å². The summed E-state index contributed by atoms with van der Waals surface area (Å²) in [4.78, 5) is 40.8. The Morgan fingerprint density at radius 2 is 2.04 bits per heavy atom. The van der Waals surface area contributed by atoms with Crippen molar-refractivity contribution in [3.05, 3.63) is 34.9 Å². The minimum atomic E-state index is -0.551. The van der Waals surface area contributed by atoms with Gasteiger partial charge in [0.2, 0.25) is 11.8 Å². The van der Waals surface area contributed by atoms with E-state index in [0.717, 1.165) is 25.2 Å². The molecule has 7 nitrogen and oxygen atoms in total. The summed E-state index contributed by atoms with van der Waals surface area (Å²) in [5.74, 6) is -0.703. The second-order valence-electron chi connectivity index (χ2n) is 8.10. The monoisotopic (exact) mass is 368 g/mol. The van der Waals surface area contributed by atoms with Crippen LogP contribution < -0.4 is 10.6 Å². The number of hydrogen-bond donors (Lipinski definition) is 2. The first-order chi connectivity index (χ1) is 13.1. The Bertz CT molecular complexity index is 823. The summed E-state index contributed by atoms with van der Waals surface area (Å²) in [7, 11) is 0. The molecule has 0 spiro atoms. The Hall–Kier alpha value is -2.25. The van der Waals surface area contributed by atoms with E-state index in [1.165, 1.54) is 18.4 Å². The van der Waals surface area contributed by atoms with Crippen molar-refractivity contribution in [2.75, 3.05) is 13.1 Å². The molecule has 7 heteroatoms. The minimum Gasteiger partial charge on any atom is -0.322 e. The van der Waals surface area contributed by atoms with Gasteiger partial charge in [-0.15, -0.1) is 0 Å². The molecule has 142 valence electrons. The van der Waals surface area contributed by atoms with Gasteiger partial charge in [0.25, 0.3) is 5.91 Å². The molecule has 3 amide bonds. The summed E-state index contributed by atoms with van der Waals surface area (Å²) >= 11 is 0. The van der Waals surface area contributed by atoms with Crippen molar-refractivity contribution in [1.29, 1.82) is 0 Å². The lowest BCUT2D eigenvalue weighted by Gasteiger charge is -2.33. The molecular weight excluding hydrogens is 344 g/mol. The topological polar surface area (TPSA) is 81.8 Å². The quantitative estimate of drug-likeness (QED) is 0.754. The molecule has 3 fully saturated rings. The maximum atomic E-state index is 12.9. The highest BCUT2D eigenvalue weighted by Gasteiger charge is 2.40. The number of rotatable bonds is 3. The highest BCUT2D eigenvalue weighted by atomic mass is 16.2. The molecule has 1 aromatic carbocycles. The highest BCUT2D eigenvalue weighted by molar-refractivity contribution is 6.05. The SMILES string of the molecule is O=C1CCC(N2Cc3c(CN4CCC5CC4CN5)cccc3C2=O)C(=O)N1. The molecule has 27 heavy (non-hydrogen) atoms. The fourth-order valence-corrected chi connectivity index (χ4v) is 5.03. The summed E-state index contributed by atoms with van der Waals surface area (Å²) in [6.45, 7) is 3.42. The average Bonchev–Trinajstić information content (AvgIpc) is 3.20. The van der Waals surface area contributed by atoms with Crippen LogP contribution >= 0.6 is 0 Å². The molecule has 3 unspecified atom stereocenters. The van der Waals surface area contributed by atoms with Crippen molar-refractivity contribution in [3.8, 4) is 0 Å². The van der Waals surface area contributed by atoms with E-state index in [9.17, 15) is 14.4 Å². The van der Waals surface area contributed by atoms with Crippen molar-refractivity contribution in [1.82, 2.24) is 20.4 Å². The van der Waals surface area contributed by atoms with Crippen LogP contribution in [0.5, 0.6) is 0 Å². The van der Waals surface area contributed by atoms with Gasteiger partial charge in [0.15, 0.2) is 0 Å². The fraction of sp³-hybridized carbons (Fsp3) is 0.550. The Morgan fingerprint density at radius 3 is 2.89 bits per heavy atom. The maximum absolute atomic E-state index is 12.9. The summed E-state index contributed by atoms with van der Waals surface area (Å²) in [6, 6.07) is 6.59. The number of nitrogens with one attached hydrogen (secondary N) is 2. The number of amides is 3. The average molecular weight is 368 g/mol. The Balaban J connectivity index is 1.37. The molecule has 2 N–H and O–H groups in total.